The fourth-order valence-electron chi connectivity index (χ4n) is 6.07. The fraction of sp³-hybridized carbons (Fsp3) is 0.195. The van der Waals surface area contributed by atoms with Crippen LogP contribution >= 0.6 is 38.9 Å². The molecule has 1 aliphatic heterocycles. The number of benzene rings is 4. The van der Waals surface area contributed by atoms with Crippen LogP contribution in [0.15, 0.2) is 117 Å². The maximum Gasteiger partial charge on any atom is 0.338 e. The SMILES string of the molecule is C=CCc1cc(/C=c2\sc3n(c2=O)[C@H](c2cc(Br)ccc2OC)C(C(=O)OCC)=C(c2ccccc2)N=3)cc(OCC)c1OCc1ccccc1Cl. The third kappa shape index (κ3) is 7.65. The molecule has 0 aliphatic carbocycles. The predicted molar refractivity (Wildman–Crippen MR) is 209 cm³/mol. The number of aromatic nitrogens is 1. The molecule has 1 aliphatic rings. The highest BCUT2D eigenvalue weighted by molar-refractivity contribution is 9.10. The highest BCUT2D eigenvalue weighted by Gasteiger charge is 2.37. The monoisotopic (exact) mass is 798 g/mol. The van der Waals surface area contributed by atoms with Crippen molar-refractivity contribution in [2.75, 3.05) is 20.3 Å². The summed E-state index contributed by atoms with van der Waals surface area (Å²) in [7, 11) is 1.56. The first kappa shape index (κ1) is 36.9. The Morgan fingerprint density at radius 2 is 1.75 bits per heavy atom. The van der Waals surface area contributed by atoms with Crippen molar-refractivity contribution in [3.05, 3.63) is 160 Å². The van der Waals surface area contributed by atoms with E-state index in [0.29, 0.717) is 61.5 Å². The van der Waals surface area contributed by atoms with Gasteiger partial charge in [-0.25, -0.2) is 9.79 Å². The minimum atomic E-state index is -0.906. The number of thiazole rings is 1. The van der Waals surface area contributed by atoms with Gasteiger partial charge in [-0.3, -0.25) is 9.36 Å². The number of carbonyl (C=O) groups is 1. The molecular formula is C41H36BrClN2O6S. The molecule has 0 fully saturated rings. The number of allylic oxidation sites excluding steroid dienone is 1. The predicted octanol–water partition coefficient (Wildman–Crippen LogP) is 8.07. The van der Waals surface area contributed by atoms with Gasteiger partial charge in [0.05, 0.1) is 36.1 Å². The van der Waals surface area contributed by atoms with Crippen LogP contribution in [-0.4, -0.2) is 30.9 Å². The van der Waals surface area contributed by atoms with Crippen molar-refractivity contribution in [1.29, 1.82) is 0 Å². The number of rotatable bonds is 13. The lowest BCUT2D eigenvalue weighted by molar-refractivity contribution is -0.138. The molecule has 0 bridgehead atoms. The number of esters is 1. The third-order valence-corrected chi connectivity index (χ3v) is 10.2. The van der Waals surface area contributed by atoms with Crippen molar-refractivity contribution in [2.45, 2.75) is 32.9 Å². The number of methoxy groups -OCH3 is 1. The Bertz CT molecular complexity index is 2350. The zero-order chi connectivity index (χ0) is 36.8. The molecule has 0 amide bonds. The van der Waals surface area contributed by atoms with Crippen molar-refractivity contribution in [2.24, 2.45) is 4.99 Å². The first-order valence-corrected chi connectivity index (χ1v) is 18.6. The molecule has 5 aromatic rings. The van der Waals surface area contributed by atoms with Crippen molar-refractivity contribution < 1.29 is 23.7 Å². The molecule has 8 nitrogen and oxygen atoms in total. The summed E-state index contributed by atoms with van der Waals surface area (Å²) in [5.74, 6) is 1.03. The molecule has 0 saturated carbocycles. The fourth-order valence-corrected chi connectivity index (χ4v) is 7.64. The average molecular weight is 800 g/mol. The first-order chi connectivity index (χ1) is 25.3. The van der Waals surface area contributed by atoms with Crippen molar-refractivity contribution in [1.82, 2.24) is 4.57 Å². The Labute approximate surface area is 319 Å². The molecule has 266 valence electrons. The zero-order valence-electron chi connectivity index (χ0n) is 28.9. The van der Waals surface area contributed by atoms with E-state index in [4.69, 9.17) is 35.5 Å². The summed E-state index contributed by atoms with van der Waals surface area (Å²) >= 11 is 11.2. The van der Waals surface area contributed by atoms with E-state index in [1.807, 2.05) is 91.9 Å². The smallest absolute Gasteiger partial charge is 0.338 e. The highest BCUT2D eigenvalue weighted by Crippen LogP contribution is 2.40. The van der Waals surface area contributed by atoms with Gasteiger partial charge in [0.1, 0.15) is 18.4 Å². The van der Waals surface area contributed by atoms with Gasteiger partial charge in [-0.2, -0.15) is 0 Å². The minimum absolute atomic E-state index is 0.143. The van der Waals surface area contributed by atoms with Gasteiger partial charge in [0.25, 0.3) is 5.56 Å². The quantitative estimate of drug-likeness (QED) is 0.0885. The van der Waals surface area contributed by atoms with E-state index >= 15 is 0 Å². The van der Waals surface area contributed by atoms with Gasteiger partial charge in [-0.05, 0) is 68.3 Å². The Morgan fingerprint density at radius 1 is 0.981 bits per heavy atom. The zero-order valence-corrected chi connectivity index (χ0v) is 32.0. The Morgan fingerprint density at radius 3 is 2.46 bits per heavy atom. The second-order valence-corrected chi connectivity index (χ2v) is 14.0. The topological polar surface area (TPSA) is 88.4 Å². The van der Waals surface area contributed by atoms with Crippen LogP contribution in [0.3, 0.4) is 0 Å². The van der Waals surface area contributed by atoms with Crippen LogP contribution in [0, 0.1) is 0 Å². The number of halogens is 2. The summed E-state index contributed by atoms with van der Waals surface area (Å²) in [6.07, 6.45) is 4.09. The highest BCUT2D eigenvalue weighted by atomic mass is 79.9. The molecule has 0 saturated heterocycles. The second-order valence-electron chi connectivity index (χ2n) is 11.6. The summed E-state index contributed by atoms with van der Waals surface area (Å²) in [6, 6.07) is 25.3. The van der Waals surface area contributed by atoms with Crippen molar-refractivity contribution >= 4 is 56.6 Å². The van der Waals surface area contributed by atoms with E-state index in [9.17, 15) is 9.59 Å². The molecule has 6 rings (SSSR count). The normalized spacial score (nSPS) is 14.0. The third-order valence-electron chi connectivity index (χ3n) is 8.31. The van der Waals surface area contributed by atoms with Crippen LogP contribution in [0.1, 0.15) is 47.7 Å². The molecular weight excluding hydrogens is 764 g/mol. The summed E-state index contributed by atoms with van der Waals surface area (Å²) in [5.41, 5.74) is 4.04. The number of fused-ring (bicyclic) bond motifs is 1. The molecule has 0 radical (unpaired) electrons. The molecule has 11 heteroatoms. The number of carbonyl (C=O) groups excluding carboxylic acids is 1. The molecule has 2 heterocycles. The Hall–Kier alpha value is -4.90. The first-order valence-electron chi connectivity index (χ1n) is 16.7. The molecule has 4 aromatic carbocycles. The second kappa shape index (κ2) is 16.6. The number of ether oxygens (including phenoxy) is 4. The summed E-state index contributed by atoms with van der Waals surface area (Å²) in [4.78, 5) is 33.9. The Kier molecular flexibility index (Phi) is 11.8. The molecule has 0 unspecified atom stereocenters. The summed E-state index contributed by atoms with van der Waals surface area (Å²) in [5, 5.41) is 0.609. The number of hydrogen-bond donors (Lipinski definition) is 0. The van der Waals surface area contributed by atoms with Crippen LogP contribution in [0.5, 0.6) is 17.2 Å². The largest absolute Gasteiger partial charge is 0.496 e. The molecule has 0 spiro atoms. The minimum Gasteiger partial charge on any atom is -0.496 e. The molecule has 52 heavy (non-hydrogen) atoms. The van der Waals surface area contributed by atoms with Crippen molar-refractivity contribution in [3.63, 3.8) is 0 Å². The molecule has 1 aromatic heterocycles. The van der Waals surface area contributed by atoms with Gasteiger partial charge in [-0.15, -0.1) is 6.58 Å². The lowest BCUT2D eigenvalue weighted by Gasteiger charge is -2.27. The summed E-state index contributed by atoms with van der Waals surface area (Å²) < 4.78 is 26.5. The van der Waals surface area contributed by atoms with Crippen LogP contribution in [-0.2, 0) is 22.6 Å². The van der Waals surface area contributed by atoms with E-state index in [0.717, 1.165) is 21.2 Å². The summed E-state index contributed by atoms with van der Waals surface area (Å²) in [6.45, 7) is 8.38. The number of hydrogen-bond acceptors (Lipinski definition) is 8. The van der Waals surface area contributed by atoms with E-state index in [-0.39, 0.29) is 24.3 Å². The van der Waals surface area contributed by atoms with Gasteiger partial charge in [0.2, 0.25) is 0 Å². The van der Waals surface area contributed by atoms with E-state index < -0.39 is 12.0 Å². The van der Waals surface area contributed by atoms with Gasteiger partial charge in [0.15, 0.2) is 16.3 Å². The van der Waals surface area contributed by atoms with Crippen LogP contribution < -0.4 is 29.1 Å². The van der Waals surface area contributed by atoms with Gasteiger partial charge in [-0.1, -0.05) is 93.5 Å². The molecule has 1 atom stereocenters. The van der Waals surface area contributed by atoms with Crippen molar-refractivity contribution in [3.8, 4) is 17.2 Å². The van der Waals surface area contributed by atoms with Crippen LogP contribution in [0.25, 0.3) is 11.8 Å². The lowest BCUT2D eigenvalue weighted by atomic mass is 9.92. The lowest BCUT2D eigenvalue weighted by Crippen LogP contribution is -2.40. The maximum absolute atomic E-state index is 14.6. The van der Waals surface area contributed by atoms with E-state index in [2.05, 4.69) is 22.5 Å². The maximum atomic E-state index is 14.6. The Balaban J connectivity index is 1.57. The van der Waals surface area contributed by atoms with Gasteiger partial charge >= 0.3 is 5.97 Å². The van der Waals surface area contributed by atoms with E-state index in [1.54, 1.807) is 30.7 Å². The van der Waals surface area contributed by atoms with Gasteiger partial charge < -0.3 is 18.9 Å². The average Bonchev–Trinajstić information content (AvgIpc) is 3.45. The van der Waals surface area contributed by atoms with Gasteiger partial charge in [0, 0.05) is 31.7 Å². The number of nitrogens with zero attached hydrogens (tertiary/aromatic N) is 2. The van der Waals surface area contributed by atoms with E-state index in [1.165, 1.54) is 11.3 Å². The standard InChI is InChI=1S/C41H36BrClN2O6S/c1-5-13-27-20-25(21-33(49-6-2)38(27)51-24-28-16-11-12-17-31(28)43)22-34-39(46)45-37(30-23-29(42)18-19-32(30)48-4)35(40(47)50-7-3)36(44-41(45)52-34)26-14-9-8-10-15-26/h5,8-12,14-23,37H,1,6-7,13,24H2,2-4H3/b34-22-/t37-/m1/s1. The van der Waals surface area contributed by atoms with Crippen LogP contribution in [0.4, 0.5) is 0 Å². The van der Waals surface area contributed by atoms with Crippen LogP contribution in [0.2, 0.25) is 5.02 Å². The molecule has 0 N–H and O–H groups in total.